The zero-order valence-electron chi connectivity index (χ0n) is 13.8. The fraction of sp³-hybridized carbons (Fsp3) is 0.467. The van der Waals surface area contributed by atoms with Crippen molar-refractivity contribution in [2.24, 2.45) is 12.2 Å². The Morgan fingerprint density at radius 2 is 2.13 bits per heavy atom. The molecule has 2 aromatic rings. The number of halogens is 1. The maximum Gasteiger partial charge on any atom is 0.259 e. The summed E-state index contributed by atoms with van der Waals surface area (Å²) in [6.07, 6.45) is 3.04. The first-order chi connectivity index (χ1) is 10.7. The van der Waals surface area contributed by atoms with Crippen LogP contribution in [0.5, 0.6) is 0 Å². The van der Waals surface area contributed by atoms with Crippen molar-refractivity contribution in [3.63, 3.8) is 0 Å². The molecule has 2 heterocycles. The molecule has 0 saturated carbocycles. The molecule has 2 rings (SSSR count). The lowest BCUT2D eigenvalue weighted by Gasteiger charge is -2.16. The van der Waals surface area contributed by atoms with E-state index in [1.54, 1.807) is 19.3 Å². The molecule has 126 valence electrons. The number of hydrogen-bond donors (Lipinski definition) is 1. The second kappa shape index (κ2) is 7.02. The van der Waals surface area contributed by atoms with Crippen molar-refractivity contribution in [3.05, 3.63) is 32.8 Å². The van der Waals surface area contributed by atoms with Gasteiger partial charge in [-0.2, -0.15) is 0 Å². The third-order valence-corrected chi connectivity index (χ3v) is 5.90. The third-order valence-electron chi connectivity index (χ3n) is 3.62. The Labute approximate surface area is 144 Å². The minimum absolute atomic E-state index is 0.100. The predicted molar refractivity (Wildman–Crippen MR) is 98.4 cm³/mol. The highest BCUT2D eigenvalue weighted by atomic mass is 79.9. The molecule has 1 N–H and O–H groups in total. The van der Waals surface area contributed by atoms with Crippen LogP contribution in [-0.4, -0.2) is 35.2 Å². The van der Waals surface area contributed by atoms with E-state index in [4.69, 9.17) is 9.94 Å². The third kappa shape index (κ3) is 4.13. The van der Waals surface area contributed by atoms with E-state index in [1.165, 1.54) is 10.8 Å². The number of ether oxygens (including phenoxy) is 1. The van der Waals surface area contributed by atoms with Crippen LogP contribution in [0.4, 0.5) is 0 Å². The van der Waals surface area contributed by atoms with E-state index >= 15 is 0 Å². The number of aryl methyl sites for hydroxylation is 1. The van der Waals surface area contributed by atoms with Crippen LogP contribution in [0.1, 0.15) is 5.69 Å². The van der Waals surface area contributed by atoms with Crippen molar-refractivity contribution in [1.82, 2.24) is 9.13 Å². The number of fused-ring (bicyclic) bond motifs is 1. The highest BCUT2D eigenvalue weighted by Gasteiger charge is 2.16. The van der Waals surface area contributed by atoms with E-state index in [1.807, 2.05) is 4.57 Å². The lowest BCUT2D eigenvalue weighted by atomic mass is 10.3. The van der Waals surface area contributed by atoms with Gasteiger partial charge in [0.15, 0.2) is 0 Å². The number of aromatic nitrogens is 2. The first kappa shape index (κ1) is 18.0. The maximum atomic E-state index is 12.3. The Hall–Kier alpha value is -1.38. The summed E-state index contributed by atoms with van der Waals surface area (Å²) < 4.78 is 9.95. The van der Waals surface area contributed by atoms with Gasteiger partial charge in [-0.25, -0.2) is 0 Å². The average Bonchev–Trinajstić information content (AvgIpc) is 2.80. The van der Waals surface area contributed by atoms with E-state index in [-0.39, 0.29) is 5.56 Å². The summed E-state index contributed by atoms with van der Waals surface area (Å²) in [5, 5.41) is 12.5. The Morgan fingerprint density at radius 3 is 2.74 bits per heavy atom. The van der Waals surface area contributed by atoms with Gasteiger partial charge in [-0.1, -0.05) is 24.8 Å². The summed E-state index contributed by atoms with van der Waals surface area (Å²) in [5.74, 6) is 0. The molecule has 0 spiro atoms. The second-order valence-corrected chi connectivity index (χ2v) is 13.2. The van der Waals surface area contributed by atoms with Crippen LogP contribution in [0.2, 0.25) is 25.7 Å². The molecule has 0 aromatic carbocycles. The molecule has 6 nitrogen and oxygen atoms in total. The van der Waals surface area contributed by atoms with E-state index in [2.05, 4.69) is 40.7 Å². The summed E-state index contributed by atoms with van der Waals surface area (Å²) >= 11 is 3.50. The van der Waals surface area contributed by atoms with Gasteiger partial charge in [0, 0.05) is 27.9 Å². The summed E-state index contributed by atoms with van der Waals surface area (Å²) in [6.45, 7) is 7.87. The number of hydrogen-bond acceptors (Lipinski definition) is 4. The quantitative estimate of drug-likeness (QED) is 0.266. The van der Waals surface area contributed by atoms with Crippen LogP contribution in [0.3, 0.4) is 0 Å². The van der Waals surface area contributed by atoms with Crippen molar-refractivity contribution < 1.29 is 9.94 Å². The van der Waals surface area contributed by atoms with Gasteiger partial charge in [-0.15, -0.1) is 0 Å². The Morgan fingerprint density at radius 1 is 1.43 bits per heavy atom. The normalized spacial score (nSPS) is 12.6. The van der Waals surface area contributed by atoms with Crippen molar-refractivity contribution >= 4 is 41.1 Å². The van der Waals surface area contributed by atoms with E-state index < -0.39 is 8.07 Å². The topological polar surface area (TPSA) is 68.8 Å². The highest BCUT2D eigenvalue weighted by Crippen LogP contribution is 2.24. The zero-order chi connectivity index (χ0) is 17.2. The maximum absolute atomic E-state index is 12.3. The van der Waals surface area contributed by atoms with Crippen molar-refractivity contribution in [3.8, 4) is 0 Å². The first-order valence-electron chi connectivity index (χ1n) is 7.38. The van der Waals surface area contributed by atoms with Crippen molar-refractivity contribution in [2.45, 2.75) is 32.4 Å². The van der Waals surface area contributed by atoms with Crippen molar-refractivity contribution in [1.29, 1.82) is 0 Å². The van der Waals surface area contributed by atoms with Crippen LogP contribution < -0.4 is 5.56 Å². The Bertz CT molecular complexity index is 790. The van der Waals surface area contributed by atoms with E-state index in [0.29, 0.717) is 24.4 Å². The first-order valence-corrected chi connectivity index (χ1v) is 11.9. The van der Waals surface area contributed by atoms with Crippen LogP contribution in [-0.2, 0) is 18.5 Å². The van der Waals surface area contributed by atoms with E-state index in [0.717, 1.165) is 16.0 Å². The Balaban J connectivity index is 2.39. The van der Waals surface area contributed by atoms with Gasteiger partial charge in [-0.05, 0) is 28.0 Å². The average molecular weight is 400 g/mol. The summed E-state index contributed by atoms with van der Waals surface area (Å²) in [7, 11) is 0.550. The van der Waals surface area contributed by atoms with Gasteiger partial charge in [-0.3, -0.25) is 4.79 Å². The number of nitrogens with zero attached hydrogens (tertiary/aromatic N) is 3. The molecular weight excluding hydrogens is 378 g/mol. The number of oxime groups is 1. The largest absolute Gasteiger partial charge is 0.411 e. The standard InChI is InChI=1S/C15H22BrN3O3Si/c1-18-9-13(16)14-12(15(18)20)7-11(8-17-21)19(14)10-22-5-6-23(2,3)4/h7-9,21H,5-6,10H2,1-4H3/b17-8+. The van der Waals surface area contributed by atoms with Crippen molar-refractivity contribution in [2.75, 3.05) is 6.61 Å². The smallest absolute Gasteiger partial charge is 0.259 e. The van der Waals surface area contributed by atoms with Crippen LogP contribution in [0.15, 0.2) is 26.7 Å². The molecule has 0 aliphatic carbocycles. The summed E-state index contributed by atoms with van der Waals surface area (Å²) in [4.78, 5) is 12.3. The fourth-order valence-electron chi connectivity index (χ4n) is 2.31. The summed E-state index contributed by atoms with van der Waals surface area (Å²) in [6, 6.07) is 2.78. The van der Waals surface area contributed by atoms with Crippen LogP contribution >= 0.6 is 15.9 Å². The van der Waals surface area contributed by atoms with Crippen LogP contribution in [0.25, 0.3) is 10.9 Å². The van der Waals surface area contributed by atoms with E-state index in [9.17, 15) is 4.79 Å². The molecule has 0 radical (unpaired) electrons. The number of rotatable bonds is 6. The van der Waals surface area contributed by atoms with Crippen LogP contribution in [0, 0.1) is 0 Å². The molecule has 0 aliphatic heterocycles. The molecule has 0 bridgehead atoms. The zero-order valence-corrected chi connectivity index (χ0v) is 16.4. The lowest BCUT2D eigenvalue weighted by molar-refractivity contribution is 0.0899. The monoisotopic (exact) mass is 399 g/mol. The number of pyridine rings is 1. The molecular formula is C15H22BrN3O3Si. The molecule has 0 saturated heterocycles. The molecule has 0 amide bonds. The molecule has 23 heavy (non-hydrogen) atoms. The molecule has 0 fully saturated rings. The fourth-order valence-corrected chi connectivity index (χ4v) is 3.80. The summed E-state index contributed by atoms with van der Waals surface area (Å²) in [5.41, 5.74) is 1.27. The molecule has 2 aromatic heterocycles. The van der Waals surface area contributed by atoms with Gasteiger partial charge >= 0.3 is 0 Å². The molecule has 0 atom stereocenters. The Kier molecular flexibility index (Phi) is 5.48. The lowest BCUT2D eigenvalue weighted by Crippen LogP contribution is -2.22. The van der Waals surface area contributed by atoms with Gasteiger partial charge in [0.2, 0.25) is 0 Å². The van der Waals surface area contributed by atoms with Gasteiger partial charge < -0.3 is 19.1 Å². The van der Waals surface area contributed by atoms with Gasteiger partial charge in [0.05, 0.1) is 27.3 Å². The minimum atomic E-state index is -1.15. The van der Waals surface area contributed by atoms with Gasteiger partial charge in [0.25, 0.3) is 5.56 Å². The highest BCUT2D eigenvalue weighted by molar-refractivity contribution is 9.10. The second-order valence-electron chi connectivity index (χ2n) is 6.75. The SMILES string of the molecule is Cn1cc(Br)c2c(cc(/C=N/O)n2COCC[Si](C)(C)C)c1=O. The predicted octanol–water partition coefficient (Wildman–Crippen LogP) is 3.22. The van der Waals surface area contributed by atoms with Gasteiger partial charge in [0.1, 0.15) is 6.73 Å². The minimum Gasteiger partial charge on any atom is -0.411 e. The molecule has 0 aliphatic rings. The molecule has 8 heteroatoms. The molecule has 0 unspecified atom stereocenters.